The summed E-state index contributed by atoms with van der Waals surface area (Å²) in [5, 5.41) is 7.55. The minimum atomic E-state index is -0.170. The Morgan fingerprint density at radius 1 is 1.00 bits per heavy atom. The van der Waals surface area contributed by atoms with Crippen LogP contribution in [0.3, 0.4) is 0 Å². The average Bonchev–Trinajstić information content (AvgIpc) is 3.06. The van der Waals surface area contributed by atoms with Gasteiger partial charge in [-0.15, -0.1) is 0 Å². The molecule has 1 atom stereocenters. The number of hydrogen-bond acceptors (Lipinski definition) is 4. The summed E-state index contributed by atoms with van der Waals surface area (Å²) in [5.74, 6) is 1.29. The molecule has 1 heterocycles. The van der Waals surface area contributed by atoms with Gasteiger partial charge in [0.05, 0.1) is 31.5 Å². The molecule has 1 amide bonds. The quantitative estimate of drug-likeness (QED) is 0.537. The number of benzene rings is 2. The second-order valence-corrected chi connectivity index (χ2v) is 7.55. The van der Waals surface area contributed by atoms with Crippen LogP contribution in [0.4, 0.5) is 0 Å². The van der Waals surface area contributed by atoms with Crippen molar-refractivity contribution in [2.24, 2.45) is 0 Å². The summed E-state index contributed by atoms with van der Waals surface area (Å²) in [4.78, 5) is 12.8. The zero-order valence-electron chi connectivity index (χ0n) is 18.9. The predicted octanol–water partition coefficient (Wildman–Crippen LogP) is 4.84. The van der Waals surface area contributed by atoms with Gasteiger partial charge in [-0.05, 0) is 76.1 Å². The number of rotatable bonds is 9. The van der Waals surface area contributed by atoms with Crippen molar-refractivity contribution in [1.82, 2.24) is 15.1 Å². The van der Waals surface area contributed by atoms with E-state index in [2.05, 4.69) is 16.5 Å². The van der Waals surface area contributed by atoms with Crippen LogP contribution in [-0.2, 0) is 6.54 Å². The fourth-order valence-corrected chi connectivity index (χ4v) is 3.47. The van der Waals surface area contributed by atoms with Crippen LogP contribution in [0.2, 0.25) is 0 Å². The maximum Gasteiger partial charge on any atom is 0.251 e. The second-order valence-electron chi connectivity index (χ2n) is 7.55. The molecule has 31 heavy (non-hydrogen) atoms. The lowest BCUT2D eigenvalue weighted by Crippen LogP contribution is -2.26. The number of ether oxygens (including phenoxy) is 2. The van der Waals surface area contributed by atoms with E-state index < -0.39 is 0 Å². The monoisotopic (exact) mass is 421 g/mol. The van der Waals surface area contributed by atoms with Gasteiger partial charge in [-0.2, -0.15) is 5.10 Å². The number of aromatic nitrogens is 2. The molecule has 1 N–H and O–H groups in total. The van der Waals surface area contributed by atoms with Gasteiger partial charge in [-0.3, -0.25) is 9.48 Å². The molecule has 0 aliphatic carbocycles. The molecule has 0 aliphatic heterocycles. The van der Waals surface area contributed by atoms with Crippen molar-refractivity contribution in [2.45, 2.75) is 47.2 Å². The van der Waals surface area contributed by atoms with Crippen LogP contribution in [0, 0.1) is 13.8 Å². The molecule has 0 bridgehead atoms. The molecule has 0 fully saturated rings. The summed E-state index contributed by atoms with van der Waals surface area (Å²) in [6, 6.07) is 15.3. The number of nitrogens with zero attached hydrogens (tertiary/aromatic N) is 2. The first kappa shape index (κ1) is 22.4. The average molecular weight is 422 g/mol. The number of carbonyl (C=O) groups excluding carboxylic acids is 1. The molecule has 0 saturated carbocycles. The van der Waals surface area contributed by atoms with Gasteiger partial charge in [-0.25, -0.2) is 0 Å². The molecule has 164 valence electrons. The van der Waals surface area contributed by atoms with E-state index in [4.69, 9.17) is 9.47 Å². The number of carbonyl (C=O) groups is 1. The topological polar surface area (TPSA) is 65.4 Å². The van der Waals surface area contributed by atoms with Gasteiger partial charge < -0.3 is 14.8 Å². The zero-order chi connectivity index (χ0) is 22.4. The van der Waals surface area contributed by atoms with Crippen LogP contribution < -0.4 is 14.8 Å². The smallest absolute Gasteiger partial charge is 0.251 e. The molecule has 6 nitrogen and oxygen atoms in total. The number of hydrogen-bond donors (Lipinski definition) is 1. The Hall–Kier alpha value is -3.28. The molecule has 0 spiro atoms. The molecule has 0 unspecified atom stereocenters. The predicted molar refractivity (Wildman–Crippen MR) is 122 cm³/mol. The summed E-state index contributed by atoms with van der Waals surface area (Å²) in [6.07, 6.45) is 0. The standard InChI is InChI=1S/C25H31N3O3/c1-6-30-23-13-12-22(15-24(23)31-7-2)19(5)26-25(29)21-10-8-20(9-11-21)16-28-18(4)14-17(3)27-28/h8-15,19H,6-7,16H2,1-5H3,(H,26,29)/t19-/m1/s1. The Morgan fingerprint density at radius 2 is 1.68 bits per heavy atom. The number of aryl methyl sites for hydroxylation is 2. The van der Waals surface area contributed by atoms with Crippen molar-refractivity contribution in [3.8, 4) is 11.5 Å². The fourth-order valence-electron chi connectivity index (χ4n) is 3.47. The highest BCUT2D eigenvalue weighted by Crippen LogP contribution is 2.30. The lowest BCUT2D eigenvalue weighted by Gasteiger charge is -2.17. The van der Waals surface area contributed by atoms with E-state index in [9.17, 15) is 4.79 Å². The molecule has 0 radical (unpaired) electrons. The minimum Gasteiger partial charge on any atom is -0.490 e. The van der Waals surface area contributed by atoms with E-state index in [1.54, 1.807) is 0 Å². The van der Waals surface area contributed by atoms with E-state index in [-0.39, 0.29) is 11.9 Å². The molecule has 2 aromatic carbocycles. The summed E-state index contributed by atoms with van der Waals surface area (Å²) in [7, 11) is 0. The van der Waals surface area contributed by atoms with Gasteiger partial charge in [0.25, 0.3) is 5.91 Å². The van der Waals surface area contributed by atoms with E-state index in [0.29, 0.717) is 36.8 Å². The van der Waals surface area contributed by atoms with E-state index >= 15 is 0 Å². The maximum absolute atomic E-state index is 12.8. The first-order valence-electron chi connectivity index (χ1n) is 10.7. The van der Waals surface area contributed by atoms with Gasteiger partial charge in [0, 0.05) is 11.3 Å². The largest absolute Gasteiger partial charge is 0.490 e. The molecule has 0 saturated heterocycles. The van der Waals surface area contributed by atoms with Crippen LogP contribution >= 0.6 is 0 Å². The first-order valence-corrected chi connectivity index (χ1v) is 10.7. The molecule has 6 heteroatoms. The lowest BCUT2D eigenvalue weighted by molar-refractivity contribution is 0.0940. The fraction of sp³-hybridized carbons (Fsp3) is 0.360. The van der Waals surface area contributed by atoms with Gasteiger partial charge in [0.2, 0.25) is 0 Å². The van der Waals surface area contributed by atoms with Crippen LogP contribution in [0.1, 0.15) is 59.7 Å². The number of amides is 1. The SMILES string of the molecule is CCOc1ccc([C@@H](C)NC(=O)c2ccc(Cn3nc(C)cc3C)cc2)cc1OCC. The van der Waals surface area contributed by atoms with E-state index in [1.165, 1.54) is 0 Å². The summed E-state index contributed by atoms with van der Waals surface area (Å²) >= 11 is 0. The highest BCUT2D eigenvalue weighted by molar-refractivity contribution is 5.94. The van der Waals surface area contributed by atoms with Crippen molar-refractivity contribution in [2.75, 3.05) is 13.2 Å². The van der Waals surface area contributed by atoms with Crippen LogP contribution in [0.5, 0.6) is 11.5 Å². The molecule has 3 aromatic rings. The highest BCUT2D eigenvalue weighted by Gasteiger charge is 2.14. The van der Waals surface area contributed by atoms with Gasteiger partial charge in [0.1, 0.15) is 0 Å². The van der Waals surface area contributed by atoms with Crippen molar-refractivity contribution in [3.05, 3.63) is 76.6 Å². The minimum absolute atomic E-state index is 0.114. The summed E-state index contributed by atoms with van der Waals surface area (Å²) in [5.41, 5.74) is 4.81. The molecule has 1 aromatic heterocycles. The Bertz CT molecular complexity index is 1020. The third-order valence-corrected chi connectivity index (χ3v) is 5.07. The molecule has 0 aliphatic rings. The molecular formula is C25H31N3O3. The maximum atomic E-state index is 12.8. The van der Waals surface area contributed by atoms with Crippen molar-refractivity contribution in [3.63, 3.8) is 0 Å². The highest BCUT2D eigenvalue weighted by atomic mass is 16.5. The summed E-state index contributed by atoms with van der Waals surface area (Å²) in [6.45, 7) is 11.7. The van der Waals surface area contributed by atoms with Crippen LogP contribution in [0.15, 0.2) is 48.5 Å². The lowest BCUT2D eigenvalue weighted by atomic mass is 10.1. The van der Waals surface area contributed by atoms with Crippen molar-refractivity contribution < 1.29 is 14.3 Å². The van der Waals surface area contributed by atoms with Crippen molar-refractivity contribution >= 4 is 5.91 Å². The molecule has 3 rings (SSSR count). The Kier molecular flexibility index (Phi) is 7.34. The Labute approximate surface area is 184 Å². The van der Waals surface area contributed by atoms with E-state index in [0.717, 1.165) is 22.5 Å². The van der Waals surface area contributed by atoms with Gasteiger partial charge in [-0.1, -0.05) is 18.2 Å². The van der Waals surface area contributed by atoms with E-state index in [1.807, 2.05) is 81.8 Å². The first-order chi connectivity index (χ1) is 14.9. The normalized spacial score (nSPS) is 11.8. The zero-order valence-corrected chi connectivity index (χ0v) is 18.9. The third kappa shape index (κ3) is 5.66. The Balaban J connectivity index is 1.66. The van der Waals surface area contributed by atoms with Crippen LogP contribution in [-0.4, -0.2) is 28.9 Å². The van der Waals surface area contributed by atoms with Crippen LogP contribution in [0.25, 0.3) is 0 Å². The molecular weight excluding hydrogens is 390 g/mol. The Morgan fingerprint density at radius 3 is 2.29 bits per heavy atom. The van der Waals surface area contributed by atoms with Gasteiger partial charge >= 0.3 is 0 Å². The van der Waals surface area contributed by atoms with Crippen molar-refractivity contribution in [1.29, 1.82) is 0 Å². The third-order valence-electron chi connectivity index (χ3n) is 5.07. The number of nitrogens with one attached hydrogen (secondary N) is 1. The second kappa shape index (κ2) is 10.2. The van der Waals surface area contributed by atoms with Gasteiger partial charge in [0.15, 0.2) is 11.5 Å². The summed E-state index contributed by atoms with van der Waals surface area (Å²) < 4.78 is 13.3.